The lowest BCUT2D eigenvalue weighted by molar-refractivity contribution is 0.580. The molecule has 2 heteroatoms. The lowest BCUT2D eigenvalue weighted by Gasteiger charge is -2.09. The Hall–Kier alpha value is -1.54. The van der Waals surface area contributed by atoms with E-state index in [1.807, 2.05) is 12.1 Å². The average molecular weight is 227 g/mol. The molecule has 0 aliphatic heterocycles. The average Bonchev–Trinajstić information content (AvgIpc) is 3.00. The fraction of sp³-hybridized carbons (Fsp3) is 0.333. The molecule has 0 radical (unpaired) electrons. The van der Waals surface area contributed by atoms with Crippen LogP contribution >= 0.6 is 0 Å². The summed E-state index contributed by atoms with van der Waals surface area (Å²) in [7, 11) is 0. The van der Waals surface area contributed by atoms with E-state index >= 15 is 0 Å². The summed E-state index contributed by atoms with van der Waals surface area (Å²) in [6.07, 6.45) is 4.37. The number of rotatable bonds is 4. The lowest BCUT2D eigenvalue weighted by Crippen LogP contribution is -2.15. The normalized spacial score (nSPS) is 15.1. The molecule has 1 aromatic carbocycles. The minimum absolute atomic E-state index is 0.737. The van der Waals surface area contributed by atoms with Gasteiger partial charge in [-0.15, -0.1) is 0 Å². The third kappa shape index (κ3) is 2.42. The van der Waals surface area contributed by atoms with E-state index in [1.165, 1.54) is 29.5 Å². The summed E-state index contributed by atoms with van der Waals surface area (Å²) in [6.45, 7) is 3.05. The SMILES string of the molecule is Cc1ccc(CNC2CC2)c(-c2ccco2)c1. The highest BCUT2D eigenvalue weighted by Gasteiger charge is 2.20. The molecule has 0 bridgehead atoms. The lowest BCUT2D eigenvalue weighted by atomic mass is 10.0. The molecule has 88 valence electrons. The quantitative estimate of drug-likeness (QED) is 0.864. The van der Waals surface area contributed by atoms with Gasteiger partial charge in [0.1, 0.15) is 5.76 Å². The highest BCUT2D eigenvalue weighted by Crippen LogP contribution is 2.27. The fourth-order valence-corrected chi connectivity index (χ4v) is 2.05. The number of hydrogen-bond donors (Lipinski definition) is 1. The first-order valence-corrected chi connectivity index (χ1v) is 6.20. The van der Waals surface area contributed by atoms with Crippen LogP contribution in [0.25, 0.3) is 11.3 Å². The van der Waals surface area contributed by atoms with Gasteiger partial charge < -0.3 is 9.73 Å². The Morgan fingerprint density at radius 2 is 2.18 bits per heavy atom. The third-order valence-corrected chi connectivity index (χ3v) is 3.21. The molecule has 0 atom stereocenters. The Labute approximate surface area is 102 Å². The summed E-state index contributed by atoms with van der Waals surface area (Å²) >= 11 is 0. The number of aryl methyl sites for hydroxylation is 1. The highest BCUT2D eigenvalue weighted by atomic mass is 16.3. The van der Waals surface area contributed by atoms with Crippen molar-refractivity contribution in [3.63, 3.8) is 0 Å². The van der Waals surface area contributed by atoms with Crippen molar-refractivity contribution in [3.8, 4) is 11.3 Å². The van der Waals surface area contributed by atoms with Gasteiger partial charge >= 0.3 is 0 Å². The van der Waals surface area contributed by atoms with Crippen LogP contribution in [0.3, 0.4) is 0 Å². The molecule has 1 N–H and O–H groups in total. The standard InChI is InChI=1S/C15H17NO/c1-11-4-5-12(10-16-13-6-7-13)14(9-11)15-3-2-8-17-15/h2-5,8-9,13,16H,6-7,10H2,1H3. The van der Waals surface area contributed by atoms with E-state index in [1.54, 1.807) is 6.26 Å². The number of nitrogens with one attached hydrogen (secondary N) is 1. The van der Waals surface area contributed by atoms with Gasteiger partial charge in [0.15, 0.2) is 0 Å². The molecule has 0 unspecified atom stereocenters. The predicted octanol–water partition coefficient (Wildman–Crippen LogP) is 3.51. The van der Waals surface area contributed by atoms with Crippen molar-refractivity contribution in [3.05, 3.63) is 47.7 Å². The van der Waals surface area contributed by atoms with Crippen LogP contribution in [-0.2, 0) is 6.54 Å². The molecule has 17 heavy (non-hydrogen) atoms. The van der Waals surface area contributed by atoms with Crippen LogP contribution in [0, 0.1) is 6.92 Å². The Bertz CT molecular complexity index is 498. The topological polar surface area (TPSA) is 25.2 Å². The minimum Gasteiger partial charge on any atom is -0.464 e. The Morgan fingerprint density at radius 1 is 1.29 bits per heavy atom. The smallest absolute Gasteiger partial charge is 0.134 e. The maximum absolute atomic E-state index is 5.51. The van der Waals surface area contributed by atoms with E-state index in [0.29, 0.717) is 0 Å². The fourth-order valence-electron chi connectivity index (χ4n) is 2.05. The third-order valence-electron chi connectivity index (χ3n) is 3.21. The van der Waals surface area contributed by atoms with Gasteiger partial charge in [-0.25, -0.2) is 0 Å². The summed E-state index contributed by atoms with van der Waals surface area (Å²) in [6, 6.07) is 11.3. The summed E-state index contributed by atoms with van der Waals surface area (Å²) < 4.78 is 5.51. The van der Waals surface area contributed by atoms with E-state index in [9.17, 15) is 0 Å². The highest BCUT2D eigenvalue weighted by molar-refractivity contribution is 5.63. The van der Waals surface area contributed by atoms with Crippen LogP contribution in [0.4, 0.5) is 0 Å². The van der Waals surface area contributed by atoms with Gasteiger partial charge in [0.2, 0.25) is 0 Å². The van der Waals surface area contributed by atoms with Gasteiger partial charge in [0.25, 0.3) is 0 Å². The minimum atomic E-state index is 0.737. The van der Waals surface area contributed by atoms with Crippen molar-refractivity contribution in [1.29, 1.82) is 0 Å². The summed E-state index contributed by atoms with van der Waals surface area (Å²) in [4.78, 5) is 0. The maximum atomic E-state index is 5.51. The second-order valence-corrected chi connectivity index (χ2v) is 4.79. The summed E-state index contributed by atoms with van der Waals surface area (Å²) in [5.41, 5.74) is 3.80. The van der Waals surface area contributed by atoms with Gasteiger partial charge in [0.05, 0.1) is 6.26 Å². The molecule has 0 saturated heterocycles. The van der Waals surface area contributed by atoms with E-state index in [4.69, 9.17) is 4.42 Å². The Balaban J connectivity index is 1.89. The first kappa shape index (κ1) is 10.6. The molecule has 1 aromatic heterocycles. The molecule has 0 spiro atoms. The van der Waals surface area contributed by atoms with Crippen molar-refractivity contribution in [1.82, 2.24) is 5.32 Å². The molecule has 1 aliphatic rings. The van der Waals surface area contributed by atoms with Crippen LogP contribution in [0.2, 0.25) is 0 Å². The molecule has 2 nitrogen and oxygen atoms in total. The first-order chi connectivity index (χ1) is 8.33. The molecule has 3 rings (SSSR count). The predicted molar refractivity (Wildman–Crippen MR) is 68.7 cm³/mol. The zero-order chi connectivity index (χ0) is 11.7. The maximum Gasteiger partial charge on any atom is 0.134 e. The zero-order valence-corrected chi connectivity index (χ0v) is 10.1. The molecular weight excluding hydrogens is 210 g/mol. The van der Waals surface area contributed by atoms with Crippen molar-refractivity contribution >= 4 is 0 Å². The second kappa shape index (κ2) is 4.38. The van der Waals surface area contributed by atoms with Crippen molar-refractivity contribution in [2.45, 2.75) is 32.4 Å². The molecule has 1 fully saturated rings. The second-order valence-electron chi connectivity index (χ2n) is 4.79. The molecule has 0 amide bonds. The molecular formula is C15H17NO. The van der Waals surface area contributed by atoms with Crippen LogP contribution in [-0.4, -0.2) is 6.04 Å². The van der Waals surface area contributed by atoms with Crippen LogP contribution < -0.4 is 5.32 Å². The summed E-state index contributed by atoms with van der Waals surface area (Å²) in [5, 5.41) is 3.55. The summed E-state index contributed by atoms with van der Waals surface area (Å²) in [5.74, 6) is 0.960. The molecule has 2 aromatic rings. The van der Waals surface area contributed by atoms with E-state index in [2.05, 4.69) is 30.4 Å². The zero-order valence-electron chi connectivity index (χ0n) is 10.1. The van der Waals surface area contributed by atoms with Gasteiger partial charge in [-0.1, -0.05) is 17.7 Å². The van der Waals surface area contributed by atoms with Crippen molar-refractivity contribution < 1.29 is 4.42 Å². The molecule has 1 saturated carbocycles. The van der Waals surface area contributed by atoms with Gasteiger partial charge in [-0.05, 0) is 43.5 Å². The largest absolute Gasteiger partial charge is 0.464 e. The number of benzene rings is 1. The van der Waals surface area contributed by atoms with Gasteiger partial charge in [-0.2, -0.15) is 0 Å². The van der Waals surface area contributed by atoms with E-state index < -0.39 is 0 Å². The molecule has 1 aliphatic carbocycles. The van der Waals surface area contributed by atoms with Gasteiger partial charge in [0, 0.05) is 18.2 Å². The van der Waals surface area contributed by atoms with Gasteiger partial charge in [-0.3, -0.25) is 0 Å². The molecule has 1 heterocycles. The van der Waals surface area contributed by atoms with Crippen LogP contribution in [0.15, 0.2) is 41.0 Å². The van der Waals surface area contributed by atoms with Crippen molar-refractivity contribution in [2.75, 3.05) is 0 Å². The first-order valence-electron chi connectivity index (χ1n) is 6.20. The monoisotopic (exact) mass is 227 g/mol. The Morgan fingerprint density at radius 3 is 2.88 bits per heavy atom. The van der Waals surface area contributed by atoms with Crippen LogP contribution in [0.5, 0.6) is 0 Å². The van der Waals surface area contributed by atoms with Crippen LogP contribution in [0.1, 0.15) is 24.0 Å². The van der Waals surface area contributed by atoms with E-state index in [-0.39, 0.29) is 0 Å². The number of furan rings is 1. The number of hydrogen-bond acceptors (Lipinski definition) is 2. The Kier molecular flexibility index (Phi) is 2.73. The van der Waals surface area contributed by atoms with E-state index in [0.717, 1.165) is 18.3 Å². The van der Waals surface area contributed by atoms with Crippen molar-refractivity contribution in [2.24, 2.45) is 0 Å².